The summed E-state index contributed by atoms with van der Waals surface area (Å²) in [4.78, 5) is 9.62. The molecule has 28 heavy (non-hydrogen) atoms. The summed E-state index contributed by atoms with van der Waals surface area (Å²) < 4.78 is 22.5. The lowest BCUT2D eigenvalue weighted by Crippen LogP contribution is -2.04. The lowest BCUT2D eigenvalue weighted by atomic mass is 10.1. The fourth-order valence-electron chi connectivity index (χ4n) is 3.86. The summed E-state index contributed by atoms with van der Waals surface area (Å²) in [6, 6.07) is 11.1. The molecule has 0 amide bonds. The molecule has 142 valence electrons. The molecule has 2 aromatic heterocycles. The topological polar surface area (TPSA) is 39.4 Å². The molecule has 0 radical (unpaired) electrons. The van der Waals surface area contributed by atoms with Gasteiger partial charge in [0.2, 0.25) is 0 Å². The molecule has 0 N–H and O–H groups in total. The first-order valence-electron chi connectivity index (χ1n) is 9.70. The SMILES string of the molecule is Cc1ccccc1-c1nc(C)c2c(C)nc3c(OCC4CC4)cc(F)cc3n12. The smallest absolute Gasteiger partial charge is 0.150 e. The zero-order chi connectivity index (χ0) is 19.4. The molecule has 5 rings (SSSR count). The molecule has 0 atom stereocenters. The van der Waals surface area contributed by atoms with E-state index in [4.69, 9.17) is 14.7 Å². The van der Waals surface area contributed by atoms with Gasteiger partial charge >= 0.3 is 0 Å². The third-order valence-electron chi connectivity index (χ3n) is 5.49. The molecule has 1 aliphatic carbocycles. The maximum Gasteiger partial charge on any atom is 0.150 e. The number of aromatic nitrogens is 3. The van der Waals surface area contributed by atoms with Crippen molar-refractivity contribution in [2.75, 3.05) is 6.61 Å². The predicted molar refractivity (Wildman–Crippen MR) is 108 cm³/mol. The average molecular weight is 375 g/mol. The molecule has 0 spiro atoms. The minimum atomic E-state index is -0.327. The second kappa shape index (κ2) is 6.30. The van der Waals surface area contributed by atoms with Gasteiger partial charge in [-0.25, -0.2) is 14.4 Å². The van der Waals surface area contributed by atoms with Crippen molar-refractivity contribution in [1.82, 2.24) is 14.4 Å². The van der Waals surface area contributed by atoms with E-state index in [2.05, 4.69) is 19.1 Å². The maximum absolute atomic E-state index is 14.5. The molecule has 0 saturated heterocycles. The number of rotatable bonds is 4. The van der Waals surface area contributed by atoms with Crippen molar-refractivity contribution in [3.63, 3.8) is 0 Å². The van der Waals surface area contributed by atoms with Crippen LogP contribution in [0.3, 0.4) is 0 Å². The van der Waals surface area contributed by atoms with E-state index in [0.717, 1.165) is 33.9 Å². The minimum Gasteiger partial charge on any atom is -0.491 e. The van der Waals surface area contributed by atoms with Crippen molar-refractivity contribution < 1.29 is 9.13 Å². The van der Waals surface area contributed by atoms with E-state index in [-0.39, 0.29) is 5.82 Å². The molecular formula is C23H22FN3O. The summed E-state index contributed by atoms with van der Waals surface area (Å²) >= 11 is 0. The van der Waals surface area contributed by atoms with Gasteiger partial charge in [0.25, 0.3) is 0 Å². The fraction of sp³-hybridized carbons (Fsp3) is 0.304. The first-order chi connectivity index (χ1) is 13.5. The Morgan fingerprint density at radius 2 is 1.82 bits per heavy atom. The molecule has 1 aliphatic rings. The van der Waals surface area contributed by atoms with Crippen LogP contribution in [0.4, 0.5) is 4.39 Å². The van der Waals surface area contributed by atoms with E-state index in [1.54, 1.807) is 0 Å². The van der Waals surface area contributed by atoms with Crippen molar-refractivity contribution in [3.05, 3.63) is 59.2 Å². The van der Waals surface area contributed by atoms with Crippen molar-refractivity contribution in [2.24, 2.45) is 5.92 Å². The molecule has 0 unspecified atom stereocenters. The van der Waals surface area contributed by atoms with E-state index < -0.39 is 0 Å². The second-order valence-electron chi connectivity index (χ2n) is 7.74. The minimum absolute atomic E-state index is 0.327. The van der Waals surface area contributed by atoms with Gasteiger partial charge in [-0.1, -0.05) is 24.3 Å². The van der Waals surface area contributed by atoms with Crippen molar-refractivity contribution in [1.29, 1.82) is 0 Å². The van der Waals surface area contributed by atoms with Crippen LogP contribution in [0.5, 0.6) is 5.75 Å². The molecule has 2 heterocycles. The monoisotopic (exact) mass is 375 g/mol. The van der Waals surface area contributed by atoms with Crippen LogP contribution in [0.2, 0.25) is 0 Å². The van der Waals surface area contributed by atoms with Gasteiger partial charge in [-0.15, -0.1) is 0 Å². The van der Waals surface area contributed by atoms with Crippen molar-refractivity contribution in [3.8, 4) is 17.1 Å². The van der Waals surface area contributed by atoms with Gasteiger partial charge in [-0.2, -0.15) is 0 Å². The molecule has 4 nitrogen and oxygen atoms in total. The van der Waals surface area contributed by atoms with Crippen LogP contribution < -0.4 is 4.74 Å². The summed E-state index contributed by atoms with van der Waals surface area (Å²) in [6.07, 6.45) is 2.37. The third-order valence-corrected chi connectivity index (χ3v) is 5.49. The number of imidazole rings is 1. The van der Waals surface area contributed by atoms with Gasteiger partial charge in [0.15, 0.2) is 0 Å². The lowest BCUT2D eigenvalue weighted by molar-refractivity contribution is 0.301. The Morgan fingerprint density at radius 1 is 1.07 bits per heavy atom. The van der Waals surface area contributed by atoms with Crippen LogP contribution in [0.1, 0.15) is 29.8 Å². The van der Waals surface area contributed by atoms with Gasteiger partial charge in [0, 0.05) is 17.7 Å². The fourth-order valence-corrected chi connectivity index (χ4v) is 3.86. The quantitative estimate of drug-likeness (QED) is 0.479. The zero-order valence-electron chi connectivity index (χ0n) is 16.3. The van der Waals surface area contributed by atoms with Gasteiger partial charge in [0.05, 0.1) is 29.0 Å². The van der Waals surface area contributed by atoms with Crippen LogP contribution >= 0.6 is 0 Å². The molecule has 4 aromatic rings. The molecule has 5 heteroatoms. The summed E-state index contributed by atoms with van der Waals surface area (Å²) in [6.45, 7) is 6.62. The number of halogens is 1. The van der Waals surface area contributed by atoms with Gasteiger partial charge in [-0.3, -0.25) is 4.40 Å². The summed E-state index contributed by atoms with van der Waals surface area (Å²) in [5.41, 5.74) is 6.19. The summed E-state index contributed by atoms with van der Waals surface area (Å²) in [5, 5.41) is 0. The van der Waals surface area contributed by atoms with E-state index in [1.807, 2.05) is 30.4 Å². The Bertz CT molecular complexity index is 1220. The summed E-state index contributed by atoms with van der Waals surface area (Å²) in [5.74, 6) is 1.57. The highest BCUT2D eigenvalue weighted by Gasteiger charge is 2.24. The Kier molecular flexibility index (Phi) is 3.86. The number of benzene rings is 2. The Morgan fingerprint density at radius 3 is 2.57 bits per heavy atom. The second-order valence-corrected chi connectivity index (χ2v) is 7.74. The van der Waals surface area contributed by atoms with E-state index in [9.17, 15) is 4.39 Å². The van der Waals surface area contributed by atoms with Gasteiger partial charge in [-0.05, 0) is 45.1 Å². The van der Waals surface area contributed by atoms with E-state index in [1.165, 1.54) is 25.0 Å². The number of ether oxygens (including phenoxy) is 1. The van der Waals surface area contributed by atoms with Crippen LogP contribution in [-0.2, 0) is 0 Å². The first-order valence-corrected chi connectivity index (χ1v) is 9.70. The zero-order valence-corrected chi connectivity index (χ0v) is 16.3. The Labute approximate surface area is 163 Å². The highest BCUT2D eigenvalue weighted by Crippen LogP contribution is 2.35. The van der Waals surface area contributed by atoms with Gasteiger partial charge < -0.3 is 4.74 Å². The van der Waals surface area contributed by atoms with Crippen LogP contribution in [-0.4, -0.2) is 21.0 Å². The summed E-state index contributed by atoms with van der Waals surface area (Å²) in [7, 11) is 0. The van der Waals surface area contributed by atoms with Crippen molar-refractivity contribution >= 4 is 16.6 Å². The average Bonchev–Trinajstić information content (AvgIpc) is 3.43. The van der Waals surface area contributed by atoms with Crippen LogP contribution in [0, 0.1) is 32.5 Å². The molecule has 1 saturated carbocycles. The third kappa shape index (κ3) is 2.73. The van der Waals surface area contributed by atoms with Gasteiger partial charge in [0.1, 0.15) is 22.9 Å². The molecular weight excluding hydrogens is 353 g/mol. The Balaban J connectivity index is 1.84. The standard InChI is InChI=1S/C23H22FN3O/c1-13-6-4-5-7-18(13)23-26-15(3)22-14(2)25-21-19(27(22)23)10-17(24)11-20(21)28-12-16-8-9-16/h4-7,10-11,16H,8-9,12H2,1-3H3. The highest BCUT2D eigenvalue weighted by atomic mass is 19.1. The maximum atomic E-state index is 14.5. The first kappa shape index (κ1) is 17.2. The predicted octanol–water partition coefficient (Wildman–Crippen LogP) is 5.40. The van der Waals surface area contributed by atoms with Crippen LogP contribution in [0.25, 0.3) is 27.9 Å². The highest BCUT2D eigenvalue weighted by molar-refractivity contribution is 5.88. The van der Waals surface area contributed by atoms with E-state index in [0.29, 0.717) is 29.3 Å². The van der Waals surface area contributed by atoms with E-state index >= 15 is 0 Å². The van der Waals surface area contributed by atoms with Crippen LogP contribution in [0.15, 0.2) is 36.4 Å². The number of aryl methyl sites for hydroxylation is 3. The molecule has 0 bridgehead atoms. The number of fused-ring (bicyclic) bond motifs is 3. The molecule has 1 fully saturated rings. The molecule has 0 aliphatic heterocycles. The largest absolute Gasteiger partial charge is 0.491 e. The number of hydrogen-bond acceptors (Lipinski definition) is 3. The molecule has 2 aromatic carbocycles. The Hall–Kier alpha value is -2.95. The number of nitrogens with zero attached hydrogens (tertiary/aromatic N) is 3. The van der Waals surface area contributed by atoms with Crippen molar-refractivity contribution in [2.45, 2.75) is 33.6 Å². The lowest BCUT2D eigenvalue weighted by Gasteiger charge is -2.13. The number of hydrogen-bond donors (Lipinski definition) is 0. The normalized spacial score (nSPS) is 14.1.